The summed E-state index contributed by atoms with van der Waals surface area (Å²) >= 11 is 0. The van der Waals surface area contributed by atoms with E-state index < -0.39 is 12.1 Å². The molecule has 1 aromatic heterocycles. The summed E-state index contributed by atoms with van der Waals surface area (Å²) < 4.78 is 5.71. The van der Waals surface area contributed by atoms with Crippen molar-refractivity contribution in [3.8, 4) is 0 Å². The molecule has 1 heterocycles. The molecule has 1 N–H and O–H groups in total. The van der Waals surface area contributed by atoms with Crippen LogP contribution in [0.1, 0.15) is 71.8 Å². The highest BCUT2D eigenvalue weighted by Crippen LogP contribution is 2.38. The number of aromatic nitrogens is 1. The molecule has 174 valence electrons. The molecule has 2 aliphatic rings. The molecule has 0 aliphatic heterocycles. The smallest absolute Gasteiger partial charge is 0.339 e. The van der Waals surface area contributed by atoms with Gasteiger partial charge in [0.15, 0.2) is 6.10 Å². The SMILES string of the molecule is Cc1ccc(/C=C2\CCc3c2nc2ccccc2c3C(=O)OC(C)C(=O)NC2CCCC2)cc1. The van der Waals surface area contributed by atoms with Crippen molar-refractivity contribution in [3.63, 3.8) is 0 Å². The zero-order valence-corrected chi connectivity index (χ0v) is 19.8. The number of nitrogens with one attached hydrogen (secondary N) is 1. The number of benzene rings is 2. The van der Waals surface area contributed by atoms with Crippen molar-refractivity contribution in [3.05, 3.63) is 76.5 Å². The summed E-state index contributed by atoms with van der Waals surface area (Å²) in [6.45, 7) is 3.72. The van der Waals surface area contributed by atoms with Crippen LogP contribution in [-0.2, 0) is 16.0 Å². The van der Waals surface area contributed by atoms with E-state index >= 15 is 0 Å². The number of hydrogen-bond donors (Lipinski definition) is 1. The van der Waals surface area contributed by atoms with Gasteiger partial charge in [0.05, 0.1) is 16.8 Å². The highest BCUT2D eigenvalue weighted by atomic mass is 16.5. The first-order valence-corrected chi connectivity index (χ1v) is 12.2. The lowest BCUT2D eigenvalue weighted by molar-refractivity contribution is -0.129. The number of hydrogen-bond acceptors (Lipinski definition) is 4. The lowest BCUT2D eigenvalue weighted by atomic mass is 10.0. The van der Waals surface area contributed by atoms with Crippen molar-refractivity contribution in [2.24, 2.45) is 0 Å². The Balaban J connectivity index is 1.47. The maximum atomic E-state index is 13.4. The molecule has 1 amide bonds. The van der Waals surface area contributed by atoms with Gasteiger partial charge in [-0.05, 0) is 68.4 Å². The molecule has 2 aromatic carbocycles. The van der Waals surface area contributed by atoms with Gasteiger partial charge in [0.25, 0.3) is 5.91 Å². The molecule has 0 spiro atoms. The van der Waals surface area contributed by atoms with Gasteiger partial charge in [-0.25, -0.2) is 9.78 Å². The van der Waals surface area contributed by atoms with Crippen molar-refractivity contribution >= 4 is 34.4 Å². The monoisotopic (exact) mass is 454 g/mol. The zero-order valence-electron chi connectivity index (χ0n) is 19.8. The van der Waals surface area contributed by atoms with E-state index in [2.05, 4.69) is 42.6 Å². The van der Waals surface area contributed by atoms with E-state index in [1.54, 1.807) is 6.92 Å². The minimum absolute atomic E-state index is 0.189. The Morgan fingerprint density at radius 3 is 2.56 bits per heavy atom. The average molecular weight is 455 g/mol. The Labute approximate surface area is 200 Å². The van der Waals surface area contributed by atoms with Gasteiger partial charge in [0.2, 0.25) is 0 Å². The van der Waals surface area contributed by atoms with Gasteiger partial charge < -0.3 is 10.1 Å². The number of carbonyl (C=O) groups excluding carboxylic acids is 2. The number of pyridine rings is 1. The predicted octanol–water partition coefficient (Wildman–Crippen LogP) is 5.63. The second-order valence-electron chi connectivity index (χ2n) is 9.45. The lowest BCUT2D eigenvalue weighted by Crippen LogP contribution is -2.41. The molecular weight excluding hydrogens is 424 g/mol. The number of allylic oxidation sites excluding steroid dienone is 1. The van der Waals surface area contributed by atoms with Crippen molar-refractivity contribution in [1.29, 1.82) is 0 Å². The normalized spacial score (nSPS) is 17.6. The van der Waals surface area contributed by atoms with Gasteiger partial charge in [0, 0.05) is 11.4 Å². The van der Waals surface area contributed by atoms with Crippen LogP contribution in [0.3, 0.4) is 0 Å². The Morgan fingerprint density at radius 1 is 1.06 bits per heavy atom. The first kappa shape index (κ1) is 22.3. The van der Waals surface area contributed by atoms with Crippen LogP contribution in [0.15, 0.2) is 48.5 Å². The highest BCUT2D eigenvalue weighted by molar-refractivity contribution is 6.07. The second kappa shape index (κ2) is 9.41. The maximum absolute atomic E-state index is 13.4. The number of ether oxygens (including phenoxy) is 1. The molecular formula is C29H30N2O3. The summed E-state index contributed by atoms with van der Waals surface area (Å²) in [6.07, 6.45) is 7.08. The van der Waals surface area contributed by atoms with Crippen molar-refractivity contribution in [1.82, 2.24) is 10.3 Å². The third kappa shape index (κ3) is 4.47. The lowest BCUT2D eigenvalue weighted by Gasteiger charge is -2.18. The number of amides is 1. The van der Waals surface area contributed by atoms with Crippen molar-refractivity contribution < 1.29 is 14.3 Å². The van der Waals surface area contributed by atoms with Crippen LogP contribution in [0, 0.1) is 6.92 Å². The molecule has 1 saturated carbocycles. The number of nitrogens with zero attached hydrogens (tertiary/aromatic N) is 1. The third-order valence-corrected chi connectivity index (χ3v) is 6.92. The van der Waals surface area contributed by atoms with Gasteiger partial charge in [-0.3, -0.25) is 4.79 Å². The van der Waals surface area contributed by atoms with Crippen LogP contribution >= 0.6 is 0 Å². The summed E-state index contributed by atoms with van der Waals surface area (Å²) in [7, 11) is 0. The standard InChI is InChI=1S/C29H30N2O3/c1-18-11-13-20(14-12-18)17-21-15-16-24-26(23-9-5-6-10-25(23)31-27(21)24)29(33)34-19(2)28(32)30-22-7-3-4-8-22/h5-6,9-14,17,19,22H,3-4,7-8,15-16H2,1-2H3,(H,30,32)/b21-17+. The fraction of sp³-hybridized carbons (Fsp3) is 0.345. The largest absolute Gasteiger partial charge is 0.449 e. The van der Waals surface area contributed by atoms with Gasteiger partial charge in [0.1, 0.15) is 0 Å². The second-order valence-corrected chi connectivity index (χ2v) is 9.45. The van der Waals surface area contributed by atoms with E-state index in [1.165, 1.54) is 5.56 Å². The predicted molar refractivity (Wildman–Crippen MR) is 134 cm³/mol. The van der Waals surface area contributed by atoms with Gasteiger partial charge in [-0.15, -0.1) is 0 Å². The van der Waals surface area contributed by atoms with Crippen molar-refractivity contribution in [2.75, 3.05) is 0 Å². The summed E-state index contributed by atoms with van der Waals surface area (Å²) in [6, 6.07) is 16.2. The first-order chi connectivity index (χ1) is 16.5. The molecule has 3 aromatic rings. The molecule has 2 aliphatic carbocycles. The minimum Gasteiger partial charge on any atom is -0.449 e. The number of aryl methyl sites for hydroxylation is 1. The van der Waals surface area contributed by atoms with Crippen LogP contribution < -0.4 is 5.32 Å². The molecule has 0 saturated heterocycles. The topological polar surface area (TPSA) is 68.3 Å². The van der Waals surface area contributed by atoms with E-state index in [9.17, 15) is 9.59 Å². The summed E-state index contributed by atoms with van der Waals surface area (Å²) in [5.41, 5.74) is 6.51. The Morgan fingerprint density at radius 2 is 1.79 bits per heavy atom. The minimum atomic E-state index is -0.848. The third-order valence-electron chi connectivity index (χ3n) is 6.92. The van der Waals surface area contributed by atoms with E-state index in [4.69, 9.17) is 9.72 Å². The number of carbonyl (C=O) groups is 2. The van der Waals surface area contributed by atoms with Gasteiger partial charge >= 0.3 is 5.97 Å². The van der Waals surface area contributed by atoms with Crippen LogP contribution in [0.4, 0.5) is 0 Å². The highest BCUT2D eigenvalue weighted by Gasteiger charge is 2.30. The number of fused-ring (bicyclic) bond motifs is 2. The summed E-state index contributed by atoms with van der Waals surface area (Å²) in [4.78, 5) is 31.0. The fourth-order valence-corrected chi connectivity index (χ4v) is 5.04. The molecule has 0 radical (unpaired) electrons. The maximum Gasteiger partial charge on any atom is 0.339 e. The summed E-state index contributed by atoms with van der Waals surface area (Å²) in [5.74, 6) is -0.685. The Bertz CT molecular complexity index is 1270. The first-order valence-electron chi connectivity index (χ1n) is 12.2. The molecule has 5 rings (SSSR count). The van der Waals surface area contributed by atoms with Crippen LogP contribution in [-0.4, -0.2) is 29.0 Å². The van der Waals surface area contributed by atoms with E-state index in [-0.39, 0.29) is 11.9 Å². The van der Waals surface area contributed by atoms with Crippen LogP contribution in [0.5, 0.6) is 0 Å². The molecule has 1 fully saturated rings. The molecule has 0 bridgehead atoms. The Kier molecular flexibility index (Phi) is 6.18. The molecule has 5 nitrogen and oxygen atoms in total. The number of esters is 1. The Hall–Kier alpha value is -3.47. The number of rotatable bonds is 5. The molecule has 1 unspecified atom stereocenters. The molecule has 34 heavy (non-hydrogen) atoms. The molecule has 5 heteroatoms. The van der Waals surface area contributed by atoms with Gasteiger partial charge in [-0.1, -0.05) is 60.9 Å². The zero-order chi connectivity index (χ0) is 23.7. The van der Waals surface area contributed by atoms with Crippen LogP contribution in [0.2, 0.25) is 0 Å². The number of para-hydroxylation sites is 1. The average Bonchev–Trinajstić information content (AvgIpc) is 3.49. The molecule has 1 atom stereocenters. The van der Waals surface area contributed by atoms with Gasteiger partial charge in [-0.2, -0.15) is 0 Å². The van der Waals surface area contributed by atoms with E-state index in [1.807, 2.05) is 24.3 Å². The van der Waals surface area contributed by atoms with Crippen LogP contribution in [0.25, 0.3) is 22.6 Å². The summed E-state index contributed by atoms with van der Waals surface area (Å²) in [5, 5.41) is 3.80. The fourth-order valence-electron chi connectivity index (χ4n) is 5.04. The van der Waals surface area contributed by atoms with E-state index in [0.29, 0.717) is 5.56 Å². The quantitative estimate of drug-likeness (QED) is 0.507. The van der Waals surface area contributed by atoms with Crippen molar-refractivity contribution in [2.45, 2.75) is 64.5 Å². The van der Waals surface area contributed by atoms with E-state index in [0.717, 1.165) is 71.8 Å².